The Balaban J connectivity index is 0.928. The van der Waals surface area contributed by atoms with Crippen LogP contribution < -0.4 is 0 Å². The molecule has 0 amide bonds. The van der Waals surface area contributed by atoms with Gasteiger partial charge in [0.25, 0.3) is 0 Å². The second kappa shape index (κ2) is 13.1. The smallest absolute Gasteiger partial charge is 0.460 e. The second-order valence-electron chi connectivity index (χ2n) is 15.9. The van der Waals surface area contributed by atoms with Gasteiger partial charge in [-0.2, -0.15) is 39.5 Å². The zero-order valence-electron chi connectivity index (χ0n) is 28.1. The van der Waals surface area contributed by atoms with Crippen molar-refractivity contribution in [2.45, 2.75) is 139 Å². The molecular weight excluding hydrogens is 698 g/mol. The lowest BCUT2D eigenvalue weighted by molar-refractivity contribution is -0.396. The Morgan fingerprint density at radius 3 is 2.10 bits per heavy atom. The van der Waals surface area contributed by atoms with Crippen molar-refractivity contribution in [1.29, 1.82) is 0 Å². The number of fused-ring (bicyclic) bond motifs is 4. The number of Topliss-reactive ketones (excluding diaryl/α,β-unsaturated/α-hetero) is 1. The lowest BCUT2D eigenvalue weighted by Gasteiger charge is -2.52. The van der Waals surface area contributed by atoms with Crippen LogP contribution in [-0.4, -0.2) is 45.9 Å². The van der Waals surface area contributed by atoms with Crippen molar-refractivity contribution >= 4 is 11.8 Å². The van der Waals surface area contributed by atoms with Gasteiger partial charge in [-0.25, -0.2) is 4.39 Å². The molecule has 286 valence electrons. The van der Waals surface area contributed by atoms with Crippen LogP contribution in [0.3, 0.4) is 0 Å². The van der Waals surface area contributed by atoms with E-state index in [-0.39, 0.29) is 46.7 Å². The molecule has 1 aromatic carbocycles. The van der Waals surface area contributed by atoms with Crippen molar-refractivity contribution in [3.63, 3.8) is 0 Å². The van der Waals surface area contributed by atoms with E-state index in [1.165, 1.54) is 0 Å². The number of carboxylic acids is 1. The van der Waals surface area contributed by atoms with Gasteiger partial charge in [0, 0.05) is 18.3 Å². The van der Waals surface area contributed by atoms with Crippen LogP contribution in [0.5, 0.6) is 5.75 Å². The maximum absolute atomic E-state index is 16.3. The van der Waals surface area contributed by atoms with E-state index in [4.69, 9.17) is 0 Å². The van der Waals surface area contributed by atoms with Crippen molar-refractivity contribution in [3.05, 3.63) is 29.3 Å². The number of carboxylic acid groups (broad SMARTS) is 1. The monoisotopic (exact) mass is 742 g/mol. The molecule has 9 atom stereocenters. The van der Waals surface area contributed by atoms with Crippen molar-refractivity contribution in [2.75, 3.05) is 0 Å². The number of ketones is 1. The molecule has 5 aliphatic carbocycles. The first-order valence-electron chi connectivity index (χ1n) is 18.2. The minimum atomic E-state index is -6.96. The number of aliphatic carboxylic acids is 1. The number of aromatic hydroxyl groups is 1. The predicted octanol–water partition coefficient (Wildman–Crippen LogP) is 11.0. The Morgan fingerprint density at radius 2 is 1.49 bits per heavy atom. The molecule has 0 radical (unpaired) electrons. The number of phenolic OH excluding ortho intramolecular Hbond substituents is 1. The highest BCUT2D eigenvalue weighted by Gasteiger charge is 2.96. The third-order valence-corrected chi connectivity index (χ3v) is 13.5. The second-order valence-corrected chi connectivity index (χ2v) is 15.9. The number of benzene rings is 1. The highest BCUT2D eigenvalue weighted by Crippen LogP contribution is 2.97. The summed E-state index contributed by atoms with van der Waals surface area (Å²) in [7, 11) is 0. The van der Waals surface area contributed by atoms with Gasteiger partial charge < -0.3 is 10.2 Å². The van der Waals surface area contributed by atoms with E-state index in [0.717, 1.165) is 50.5 Å². The number of unbranched alkanes of at least 4 members (excludes halogenated alkanes) is 6. The van der Waals surface area contributed by atoms with Crippen LogP contribution in [0.2, 0.25) is 0 Å². The third-order valence-electron chi connectivity index (χ3n) is 13.5. The van der Waals surface area contributed by atoms with Crippen molar-refractivity contribution in [2.24, 2.45) is 40.4 Å². The van der Waals surface area contributed by atoms with Crippen molar-refractivity contribution < 1.29 is 63.7 Å². The zero-order valence-corrected chi connectivity index (χ0v) is 28.1. The fourth-order valence-corrected chi connectivity index (χ4v) is 10.9. The largest absolute Gasteiger partial charge is 0.508 e. The maximum atomic E-state index is 16.3. The van der Waals surface area contributed by atoms with E-state index in [1.807, 2.05) is 6.07 Å². The SMILES string of the molecule is O=C(O)C(CCCCCCCCC[C@@H]1C(F)c2cc(O)ccc2C2CCC34C(CC(=O)C35CC54)C21)CCCC(F)(F)C(F)(F)C(F)(F)C(F)(F)F. The number of rotatable bonds is 17. The molecule has 0 saturated heterocycles. The number of halogens is 10. The molecule has 4 nitrogen and oxygen atoms in total. The number of alkyl halides is 10. The maximum Gasteiger partial charge on any atom is 0.460 e. The normalized spacial score (nSPS) is 33.1. The molecule has 0 bridgehead atoms. The number of carbonyl (C=O) groups is 2. The summed E-state index contributed by atoms with van der Waals surface area (Å²) >= 11 is 0. The molecule has 5 aliphatic rings. The molecule has 51 heavy (non-hydrogen) atoms. The minimum absolute atomic E-state index is 0.00244. The summed E-state index contributed by atoms with van der Waals surface area (Å²) in [6.07, 6.45) is -2.69. The van der Waals surface area contributed by atoms with Gasteiger partial charge in [0.1, 0.15) is 17.7 Å². The lowest BCUT2D eigenvalue weighted by atomic mass is 9.52. The minimum Gasteiger partial charge on any atom is -0.508 e. The molecule has 4 saturated carbocycles. The van der Waals surface area contributed by atoms with Crippen LogP contribution in [0.15, 0.2) is 18.2 Å². The molecule has 0 heterocycles. The number of hydrogen-bond acceptors (Lipinski definition) is 3. The van der Waals surface area contributed by atoms with Gasteiger partial charge >= 0.3 is 29.9 Å². The molecule has 8 unspecified atom stereocenters. The summed E-state index contributed by atoms with van der Waals surface area (Å²) in [5.41, 5.74) is 1.48. The summed E-state index contributed by atoms with van der Waals surface area (Å²) in [4.78, 5) is 24.6. The van der Waals surface area contributed by atoms with Crippen LogP contribution in [0.4, 0.5) is 43.9 Å². The first-order valence-corrected chi connectivity index (χ1v) is 18.2. The number of hydrogen-bond donors (Lipinski definition) is 2. The van der Waals surface area contributed by atoms with Crippen LogP contribution in [-0.2, 0) is 9.59 Å². The number of carbonyl (C=O) groups excluding carboxylic acids is 1. The quantitative estimate of drug-likeness (QED) is 0.123. The van der Waals surface area contributed by atoms with E-state index in [9.17, 15) is 59.3 Å². The molecule has 2 spiro atoms. The third kappa shape index (κ3) is 5.94. The highest BCUT2D eigenvalue weighted by atomic mass is 19.4. The van der Waals surface area contributed by atoms with Crippen LogP contribution in [0.25, 0.3) is 0 Å². The molecule has 6 rings (SSSR count). The molecule has 0 aromatic heterocycles. The molecule has 4 fully saturated rings. The van der Waals surface area contributed by atoms with E-state index in [2.05, 4.69) is 0 Å². The molecule has 2 N–H and O–H groups in total. The summed E-state index contributed by atoms with van der Waals surface area (Å²) in [5, 5.41) is 19.5. The Bertz CT molecular complexity index is 1500. The van der Waals surface area contributed by atoms with Gasteiger partial charge in [-0.3, -0.25) is 9.59 Å². The molecular formula is C37H44F10O4. The van der Waals surface area contributed by atoms with Crippen LogP contribution >= 0.6 is 0 Å². The van der Waals surface area contributed by atoms with E-state index >= 15 is 4.39 Å². The van der Waals surface area contributed by atoms with Gasteiger partial charge in [-0.15, -0.1) is 0 Å². The Kier molecular flexibility index (Phi) is 9.80. The van der Waals surface area contributed by atoms with Gasteiger partial charge in [0.15, 0.2) is 0 Å². The fourth-order valence-electron chi connectivity index (χ4n) is 10.9. The average molecular weight is 743 g/mol. The average Bonchev–Trinajstić information content (AvgIpc) is 3.91. The Labute approximate surface area is 289 Å². The van der Waals surface area contributed by atoms with E-state index in [1.54, 1.807) is 12.1 Å². The summed E-state index contributed by atoms with van der Waals surface area (Å²) in [6.45, 7) is 0. The number of phenols is 1. The molecule has 14 heteroatoms. The van der Waals surface area contributed by atoms with Crippen molar-refractivity contribution in [3.8, 4) is 5.75 Å². The van der Waals surface area contributed by atoms with E-state index in [0.29, 0.717) is 49.4 Å². The fraction of sp³-hybridized carbons (Fsp3) is 0.784. The predicted molar refractivity (Wildman–Crippen MR) is 164 cm³/mol. The van der Waals surface area contributed by atoms with Gasteiger partial charge in [-0.1, -0.05) is 51.0 Å². The van der Waals surface area contributed by atoms with Crippen LogP contribution in [0, 0.1) is 40.4 Å². The first kappa shape index (κ1) is 38.2. The lowest BCUT2D eigenvalue weighted by Crippen LogP contribution is -2.60. The summed E-state index contributed by atoms with van der Waals surface area (Å²) in [6, 6.07) is 5.02. The first-order chi connectivity index (χ1) is 23.8. The Hall–Kier alpha value is -2.54. The Morgan fingerprint density at radius 1 is 0.863 bits per heavy atom. The molecule has 0 aliphatic heterocycles. The zero-order chi connectivity index (χ0) is 37.4. The van der Waals surface area contributed by atoms with Crippen molar-refractivity contribution in [1.82, 2.24) is 0 Å². The van der Waals surface area contributed by atoms with Crippen LogP contribution in [0.1, 0.15) is 126 Å². The van der Waals surface area contributed by atoms with Gasteiger partial charge in [0.05, 0.1) is 5.92 Å². The van der Waals surface area contributed by atoms with Gasteiger partial charge in [-0.05, 0) is 103 Å². The summed E-state index contributed by atoms with van der Waals surface area (Å²) in [5.74, 6) is -20.9. The standard InChI is InChI=1S/C37H44F10O4/c38-30-24(29-23(22-13-12-21(48)17-25(22)30)14-16-32-26(29)18-28(49)33(32)19-27(32)33)11-7-5-3-1-2-4-6-9-20(31(50)51)10-8-15-34(39,40)35(41,42)36(43,44)37(45,46)47/h12-13,17,20,23-24,26-27,29-30,48H,1-11,14-16,18-19H2,(H,50,51)/t20?,23?,24-,26?,27?,29?,30?,32?,33?/m0/s1. The molecule has 1 aromatic rings. The highest BCUT2D eigenvalue weighted by molar-refractivity contribution is 5.98. The van der Waals surface area contributed by atoms with Gasteiger partial charge in [0.2, 0.25) is 0 Å². The topological polar surface area (TPSA) is 74.6 Å². The summed E-state index contributed by atoms with van der Waals surface area (Å²) < 4.78 is 134. The van der Waals surface area contributed by atoms with E-state index < -0.39 is 61.3 Å².